The molecule has 0 radical (unpaired) electrons. The lowest BCUT2D eigenvalue weighted by atomic mass is 9.95. The van der Waals surface area contributed by atoms with Gasteiger partial charge in [0.1, 0.15) is 5.60 Å². The molecule has 0 spiro atoms. The molecule has 1 atom stereocenters. The van der Waals surface area contributed by atoms with Crippen molar-refractivity contribution in [3.05, 3.63) is 71.3 Å². The monoisotopic (exact) mass is 373 g/mol. The first-order valence-electron chi connectivity index (χ1n) is 9.84. The number of hydrogen-bond acceptors (Lipinski definition) is 3. The van der Waals surface area contributed by atoms with Gasteiger partial charge in [-0.05, 0) is 64.4 Å². The highest BCUT2D eigenvalue weighted by atomic mass is 16.3. The number of aliphatic hydroxyl groups is 2. The third kappa shape index (κ3) is 2.72. The highest BCUT2D eigenvalue weighted by Gasteiger charge is 2.37. The number of β-amino-alcohol motifs (C(OH)–C–C–N with tert-alkyl or cyclic N) is 1. The standard InChI is InChI=1S/C24H23NO3/c26-15-24(28)12-13-25(14-24)23(27)19-8-4-16(5-9-19)20-11-10-18-7-6-17-2-1-3-21(20)22(17)18/h1-5,8-11,26,28H,6-7,12-15H2/t24-/m1/s1. The van der Waals surface area contributed by atoms with Gasteiger partial charge in [0.05, 0.1) is 13.2 Å². The van der Waals surface area contributed by atoms with Gasteiger partial charge in [-0.1, -0.05) is 42.5 Å². The molecule has 4 heteroatoms. The van der Waals surface area contributed by atoms with E-state index in [2.05, 4.69) is 30.3 Å². The Kier molecular flexibility index (Phi) is 4.00. The average Bonchev–Trinajstić information content (AvgIpc) is 3.34. The van der Waals surface area contributed by atoms with Crippen molar-refractivity contribution in [1.82, 2.24) is 4.90 Å². The molecule has 28 heavy (non-hydrogen) atoms. The Morgan fingerprint density at radius 2 is 1.75 bits per heavy atom. The van der Waals surface area contributed by atoms with Crippen molar-refractivity contribution in [1.29, 1.82) is 0 Å². The Hall–Kier alpha value is -2.69. The molecule has 1 saturated heterocycles. The minimum Gasteiger partial charge on any atom is -0.393 e. The molecular formula is C24H23NO3. The molecule has 4 nitrogen and oxygen atoms in total. The zero-order chi connectivity index (χ0) is 19.3. The molecule has 1 aliphatic heterocycles. The lowest BCUT2D eigenvalue weighted by Crippen LogP contribution is -2.38. The predicted octanol–water partition coefficient (Wildman–Crippen LogP) is 3.17. The van der Waals surface area contributed by atoms with Gasteiger partial charge in [0.25, 0.3) is 5.91 Å². The number of aryl methyl sites for hydroxylation is 2. The Balaban J connectivity index is 1.45. The molecule has 0 bridgehead atoms. The van der Waals surface area contributed by atoms with Crippen LogP contribution in [0.1, 0.15) is 27.9 Å². The Morgan fingerprint density at radius 3 is 2.46 bits per heavy atom. The fraction of sp³-hybridized carbons (Fsp3) is 0.292. The fourth-order valence-electron chi connectivity index (χ4n) is 4.63. The molecule has 1 heterocycles. The highest BCUT2D eigenvalue weighted by molar-refractivity contribution is 6.02. The van der Waals surface area contributed by atoms with Gasteiger partial charge in [-0.2, -0.15) is 0 Å². The maximum atomic E-state index is 12.7. The van der Waals surface area contributed by atoms with Gasteiger partial charge < -0.3 is 15.1 Å². The van der Waals surface area contributed by atoms with Crippen LogP contribution in [0.5, 0.6) is 0 Å². The van der Waals surface area contributed by atoms with Gasteiger partial charge in [-0.15, -0.1) is 0 Å². The number of benzene rings is 3. The molecule has 2 aliphatic rings. The van der Waals surface area contributed by atoms with Gasteiger partial charge in [-0.25, -0.2) is 0 Å². The first kappa shape index (κ1) is 17.4. The van der Waals surface area contributed by atoms with Crippen LogP contribution in [0.15, 0.2) is 54.6 Å². The molecule has 1 aliphatic carbocycles. The molecule has 0 unspecified atom stereocenters. The third-order valence-corrected chi connectivity index (χ3v) is 6.23. The largest absolute Gasteiger partial charge is 0.393 e. The minimum atomic E-state index is -1.17. The van der Waals surface area contributed by atoms with Crippen LogP contribution in [0.4, 0.5) is 0 Å². The van der Waals surface area contributed by atoms with Gasteiger partial charge in [0, 0.05) is 12.1 Å². The molecule has 5 rings (SSSR count). The van der Waals surface area contributed by atoms with E-state index in [1.54, 1.807) is 4.90 Å². The number of amides is 1. The van der Waals surface area contributed by atoms with Crippen molar-refractivity contribution < 1.29 is 15.0 Å². The van der Waals surface area contributed by atoms with E-state index in [0.717, 1.165) is 18.4 Å². The van der Waals surface area contributed by atoms with E-state index in [4.69, 9.17) is 0 Å². The number of nitrogens with zero attached hydrogens (tertiary/aromatic N) is 1. The molecule has 1 fully saturated rings. The summed E-state index contributed by atoms with van der Waals surface area (Å²) in [5, 5.41) is 22.1. The van der Waals surface area contributed by atoms with E-state index < -0.39 is 5.60 Å². The number of aliphatic hydroxyl groups excluding tert-OH is 1. The van der Waals surface area contributed by atoms with Crippen molar-refractivity contribution in [2.45, 2.75) is 24.9 Å². The van der Waals surface area contributed by atoms with Crippen LogP contribution < -0.4 is 0 Å². The topological polar surface area (TPSA) is 60.8 Å². The summed E-state index contributed by atoms with van der Waals surface area (Å²) in [6.45, 7) is 0.326. The minimum absolute atomic E-state index is 0.101. The van der Waals surface area contributed by atoms with Gasteiger partial charge in [0.15, 0.2) is 0 Å². The summed E-state index contributed by atoms with van der Waals surface area (Å²) in [5.41, 5.74) is 4.58. The first-order valence-corrected chi connectivity index (χ1v) is 9.84. The Morgan fingerprint density at radius 1 is 1.00 bits per heavy atom. The van der Waals surface area contributed by atoms with Crippen LogP contribution in [0.2, 0.25) is 0 Å². The maximum absolute atomic E-state index is 12.7. The Bertz CT molecular complexity index is 1060. The summed E-state index contributed by atoms with van der Waals surface area (Å²) in [6, 6.07) is 18.7. The van der Waals surface area contributed by atoms with Crippen molar-refractivity contribution in [3.8, 4) is 11.1 Å². The summed E-state index contributed by atoms with van der Waals surface area (Å²) >= 11 is 0. The summed E-state index contributed by atoms with van der Waals surface area (Å²) in [4.78, 5) is 14.4. The van der Waals surface area contributed by atoms with Gasteiger partial charge >= 0.3 is 0 Å². The van der Waals surface area contributed by atoms with E-state index >= 15 is 0 Å². The molecule has 0 aromatic heterocycles. The lowest BCUT2D eigenvalue weighted by molar-refractivity contribution is -0.00455. The third-order valence-electron chi connectivity index (χ3n) is 6.23. The SMILES string of the molecule is O=C(c1ccc(-c2ccc3c4c(cccc24)CC3)cc1)N1CC[C@](O)(CO)C1. The number of carbonyl (C=O) groups excluding carboxylic acids is 1. The highest BCUT2D eigenvalue weighted by Crippen LogP contribution is 2.37. The number of hydrogen-bond donors (Lipinski definition) is 2. The second-order valence-corrected chi connectivity index (χ2v) is 8.05. The van der Waals surface area contributed by atoms with Crippen molar-refractivity contribution in [2.24, 2.45) is 0 Å². The van der Waals surface area contributed by atoms with Crippen LogP contribution >= 0.6 is 0 Å². The molecule has 1 amide bonds. The normalized spacial score (nSPS) is 20.9. The molecule has 2 N–H and O–H groups in total. The van der Waals surface area contributed by atoms with Crippen LogP contribution in [0.3, 0.4) is 0 Å². The molecular weight excluding hydrogens is 350 g/mol. The summed E-state index contributed by atoms with van der Waals surface area (Å²) in [5.74, 6) is -0.101. The second kappa shape index (κ2) is 6.43. The quantitative estimate of drug-likeness (QED) is 0.741. The summed E-state index contributed by atoms with van der Waals surface area (Å²) in [6.07, 6.45) is 2.63. The van der Waals surface area contributed by atoms with Crippen molar-refractivity contribution in [3.63, 3.8) is 0 Å². The zero-order valence-corrected chi connectivity index (χ0v) is 15.7. The number of likely N-dealkylation sites (tertiary alicyclic amines) is 1. The van der Waals surface area contributed by atoms with Crippen molar-refractivity contribution >= 4 is 16.7 Å². The summed E-state index contributed by atoms with van der Waals surface area (Å²) in [7, 11) is 0. The average molecular weight is 373 g/mol. The fourth-order valence-corrected chi connectivity index (χ4v) is 4.63. The number of rotatable bonds is 3. The lowest BCUT2D eigenvalue weighted by Gasteiger charge is -2.21. The smallest absolute Gasteiger partial charge is 0.253 e. The van der Waals surface area contributed by atoms with E-state index in [0.29, 0.717) is 18.5 Å². The first-order chi connectivity index (χ1) is 13.6. The van der Waals surface area contributed by atoms with Gasteiger partial charge in [0.2, 0.25) is 0 Å². The summed E-state index contributed by atoms with van der Waals surface area (Å²) < 4.78 is 0. The van der Waals surface area contributed by atoms with Crippen molar-refractivity contribution in [2.75, 3.05) is 19.7 Å². The van der Waals surface area contributed by atoms with Crippen LogP contribution in [0, 0.1) is 0 Å². The Labute approximate surface area is 164 Å². The second-order valence-electron chi connectivity index (χ2n) is 8.05. The number of carbonyl (C=O) groups is 1. The van der Waals surface area contributed by atoms with Crippen LogP contribution in [0.25, 0.3) is 21.9 Å². The molecule has 3 aromatic rings. The predicted molar refractivity (Wildman–Crippen MR) is 109 cm³/mol. The van der Waals surface area contributed by atoms with E-state index in [9.17, 15) is 15.0 Å². The van der Waals surface area contributed by atoms with E-state index in [1.165, 1.54) is 27.5 Å². The zero-order valence-electron chi connectivity index (χ0n) is 15.7. The van der Waals surface area contributed by atoms with Crippen LogP contribution in [-0.2, 0) is 12.8 Å². The molecule has 0 saturated carbocycles. The van der Waals surface area contributed by atoms with Crippen LogP contribution in [-0.4, -0.2) is 46.3 Å². The molecule has 3 aromatic carbocycles. The van der Waals surface area contributed by atoms with Gasteiger partial charge in [-0.3, -0.25) is 4.79 Å². The maximum Gasteiger partial charge on any atom is 0.253 e. The van der Waals surface area contributed by atoms with E-state index in [1.807, 2.05) is 24.3 Å². The molecule has 142 valence electrons. The van der Waals surface area contributed by atoms with E-state index in [-0.39, 0.29) is 19.1 Å².